The average Bonchev–Trinajstić information content (AvgIpc) is 3.00. The summed E-state index contributed by atoms with van der Waals surface area (Å²) in [6.07, 6.45) is 3.06. The number of thiophene rings is 1. The van der Waals surface area contributed by atoms with Gasteiger partial charge < -0.3 is 9.15 Å². The zero-order chi connectivity index (χ0) is 12.0. The molecule has 0 aliphatic heterocycles. The van der Waals surface area contributed by atoms with Crippen molar-refractivity contribution in [3.63, 3.8) is 0 Å². The van der Waals surface area contributed by atoms with E-state index in [2.05, 4.69) is 9.72 Å². The standard InChI is InChI=1S/C9H7NO3S.C2H6/c1-12-9(11)6-4-7(14-5-6)8-10-2-3-13-8;1-2/h2-5H,1H3;1-2H3. The van der Waals surface area contributed by atoms with Crippen LogP contribution in [0.3, 0.4) is 0 Å². The van der Waals surface area contributed by atoms with Crippen molar-refractivity contribution in [2.75, 3.05) is 7.11 Å². The van der Waals surface area contributed by atoms with Crippen LogP contribution in [-0.2, 0) is 4.74 Å². The van der Waals surface area contributed by atoms with Gasteiger partial charge in [0.15, 0.2) is 0 Å². The predicted octanol–water partition coefficient (Wildman–Crippen LogP) is 3.22. The van der Waals surface area contributed by atoms with Gasteiger partial charge in [0.1, 0.15) is 6.26 Å². The van der Waals surface area contributed by atoms with Crippen LogP contribution in [0.2, 0.25) is 0 Å². The summed E-state index contributed by atoms with van der Waals surface area (Å²) >= 11 is 1.39. The molecular formula is C11H13NO3S. The van der Waals surface area contributed by atoms with E-state index in [-0.39, 0.29) is 5.97 Å². The largest absolute Gasteiger partial charge is 0.465 e. The maximum absolute atomic E-state index is 11.1. The number of aromatic nitrogens is 1. The molecule has 2 heterocycles. The molecule has 0 bridgehead atoms. The SMILES string of the molecule is CC.COC(=O)c1csc(-c2ncco2)c1. The first kappa shape index (κ1) is 12.4. The van der Waals surface area contributed by atoms with Gasteiger partial charge in [-0.3, -0.25) is 0 Å². The number of ether oxygens (including phenoxy) is 1. The summed E-state index contributed by atoms with van der Waals surface area (Å²) < 4.78 is 9.68. The van der Waals surface area contributed by atoms with Gasteiger partial charge in [0.25, 0.3) is 0 Å². The summed E-state index contributed by atoms with van der Waals surface area (Å²) in [5.74, 6) is 0.171. The normalized spacial score (nSPS) is 9.19. The molecule has 4 nitrogen and oxygen atoms in total. The van der Waals surface area contributed by atoms with Gasteiger partial charge in [0, 0.05) is 5.38 Å². The molecule has 0 saturated heterocycles. The lowest BCUT2D eigenvalue weighted by Gasteiger charge is -1.91. The molecule has 0 amide bonds. The summed E-state index contributed by atoms with van der Waals surface area (Å²) in [6.45, 7) is 4.00. The number of hydrogen-bond acceptors (Lipinski definition) is 5. The van der Waals surface area contributed by atoms with Crippen molar-refractivity contribution < 1.29 is 13.9 Å². The molecule has 2 aromatic rings. The van der Waals surface area contributed by atoms with E-state index >= 15 is 0 Å². The molecule has 0 fully saturated rings. The highest BCUT2D eigenvalue weighted by Crippen LogP contribution is 2.25. The van der Waals surface area contributed by atoms with Crippen molar-refractivity contribution in [1.82, 2.24) is 4.98 Å². The Morgan fingerprint density at radius 3 is 2.81 bits per heavy atom. The number of carbonyl (C=O) groups is 1. The van der Waals surface area contributed by atoms with Gasteiger partial charge in [-0.2, -0.15) is 0 Å². The molecule has 0 saturated carbocycles. The van der Waals surface area contributed by atoms with Crippen LogP contribution in [0.4, 0.5) is 0 Å². The van der Waals surface area contributed by atoms with Crippen LogP contribution in [0, 0.1) is 0 Å². The van der Waals surface area contributed by atoms with Crippen LogP contribution >= 0.6 is 11.3 Å². The Morgan fingerprint density at radius 1 is 1.50 bits per heavy atom. The monoisotopic (exact) mass is 239 g/mol. The van der Waals surface area contributed by atoms with Crippen LogP contribution in [0.5, 0.6) is 0 Å². The topological polar surface area (TPSA) is 52.3 Å². The molecule has 16 heavy (non-hydrogen) atoms. The number of nitrogens with zero attached hydrogens (tertiary/aromatic N) is 1. The van der Waals surface area contributed by atoms with Gasteiger partial charge >= 0.3 is 5.97 Å². The molecule has 86 valence electrons. The van der Waals surface area contributed by atoms with Gasteiger partial charge in [-0.25, -0.2) is 9.78 Å². The Hall–Kier alpha value is -1.62. The molecule has 0 aromatic carbocycles. The highest BCUT2D eigenvalue weighted by molar-refractivity contribution is 7.13. The number of rotatable bonds is 2. The van der Waals surface area contributed by atoms with Crippen LogP contribution in [0.15, 0.2) is 28.3 Å². The van der Waals surface area contributed by atoms with E-state index in [4.69, 9.17) is 4.42 Å². The molecule has 0 unspecified atom stereocenters. The summed E-state index contributed by atoms with van der Waals surface area (Å²) in [7, 11) is 1.35. The predicted molar refractivity (Wildman–Crippen MR) is 62.5 cm³/mol. The first-order chi connectivity index (χ1) is 7.81. The van der Waals surface area contributed by atoms with E-state index in [0.717, 1.165) is 4.88 Å². The average molecular weight is 239 g/mol. The van der Waals surface area contributed by atoms with E-state index in [1.54, 1.807) is 17.6 Å². The summed E-state index contributed by atoms with van der Waals surface area (Å²) in [5, 5.41) is 1.71. The number of carbonyl (C=O) groups excluding carboxylic acids is 1. The molecule has 0 aliphatic carbocycles. The van der Waals surface area contributed by atoms with Gasteiger partial charge in [0.2, 0.25) is 5.89 Å². The molecular weight excluding hydrogens is 226 g/mol. The molecule has 0 N–H and O–H groups in total. The Bertz CT molecular complexity index is 434. The zero-order valence-electron chi connectivity index (χ0n) is 9.39. The van der Waals surface area contributed by atoms with Gasteiger partial charge in [-0.05, 0) is 6.07 Å². The first-order valence-electron chi connectivity index (χ1n) is 4.88. The van der Waals surface area contributed by atoms with Gasteiger partial charge in [-0.15, -0.1) is 11.3 Å². The lowest BCUT2D eigenvalue weighted by atomic mass is 10.3. The summed E-state index contributed by atoms with van der Waals surface area (Å²) in [5.41, 5.74) is 0.519. The number of oxazole rings is 1. The molecule has 2 aromatic heterocycles. The van der Waals surface area contributed by atoms with Crippen LogP contribution in [0.1, 0.15) is 24.2 Å². The summed E-state index contributed by atoms with van der Waals surface area (Å²) in [4.78, 5) is 15.9. The quantitative estimate of drug-likeness (QED) is 0.755. The Kier molecular flexibility index (Phi) is 4.72. The third-order valence-electron chi connectivity index (χ3n) is 1.66. The van der Waals surface area contributed by atoms with Gasteiger partial charge in [-0.1, -0.05) is 13.8 Å². The second kappa shape index (κ2) is 6.07. The Balaban J connectivity index is 0.000000606. The molecule has 2 rings (SSSR count). The second-order valence-corrected chi connectivity index (χ2v) is 3.44. The maximum atomic E-state index is 11.1. The molecule has 5 heteroatoms. The molecule has 0 aliphatic rings. The lowest BCUT2D eigenvalue weighted by Crippen LogP contribution is -1.97. The van der Waals surface area contributed by atoms with Crippen molar-refractivity contribution in [2.45, 2.75) is 13.8 Å². The second-order valence-electron chi connectivity index (χ2n) is 2.53. The van der Waals surface area contributed by atoms with E-state index in [0.29, 0.717) is 11.5 Å². The molecule has 0 atom stereocenters. The minimum atomic E-state index is -0.348. The van der Waals surface area contributed by atoms with Gasteiger partial charge in [0.05, 0.1) is 23.7 Å². The fourth-order valence-corrected chi connectivity index (χ4v) is 1.83. The number of hydrogen-bond donors (Lipinski definition) is 0. The van der Waals surface area contributed by atoms with E-state index in [1.165, 1.54) is 24.7 Å². The minimum absolute atomic E-state index is 0.348. The molecule has 0 radical (unpaired) electrons. The summed E-state index contributed by atoms with van der Waals surface area (Å²) in [6, 6.07) is 1.70. The molecule has 0 spiro atoms. The van der Waals surface area contributed by atoms with Crippen molar-refractivity contribution in [1.29, 1.82) is 0 Å². The van der Waals surface area contributed by atoms with Crippen LogP contribution in [-0.4, -0.2) is 18.1 Å². The number of esters is 1. The maximum Gasteiger partial charge on any atom is 0.338 e. The van der Waals surface area contributed by atoms with Crippen molar-refractivity contribution in [3.05, 3.63) is 29.5 Å². The smallest absolute Gasteiger partial charge is 0.338 e. The third-order valence-corrected chi connectivity index (χ3v) is 2.58. The lowest BCUT2D eigenvalue weighted by molar-refractivity contribution is 0.0601. The highest BCUT2D eigenvalue weighted by Gasteiger charge is 2.11. The number of methoxy groups -OCH3 is 1. The van der Waals surface area contributed by atoms with Crippen molar-refractivity contribution in [2.24, 2.45) is 0 Å². The van der Waals surface area contributed by atoms with Crippen LogP contribution in [0.25, 0.3) is 10.8 Å². The first-order valence-corrected chi connectivity index (χ1v) is 5.76. The Morgan fingerprint density at radius 2 is 2.25 bits per heavy atom. The van der Waals surface area contributed by atoms with Crippen molar-refractivity contribution in [3.8, 4) is 10.8 Å². The zero-order valence-corrected chi connectivity index (χ0v) is 10.2. The van der Waals surface area contributed by atoms with E-state index in [9.17, 15) is 4.79 Å². The van der Waals surface area contributed by atoms with E-state index < -0.39 is 0 Å². The van der Waals surface area contributed by atoms with Crippen LogP contribution < -0.4 is 0 Å². The van der Waals surface area contributed by atoms with E-state index in [1.807, 2.05) is 13.8 Å². The minimum Gasteiger partial charge on any atom is -0.465 e. The van der Waals surface area contributed by atoms with Crippen molar-refractivity contribution >= 4 is 17.3 Å². The highest BCUT2D eigenvalue weighted by atomic mass is 32.1. The third kappa shape index (κ3) is 2.70. The fraction of sp³-hybridized carbons (Fsp3) is 0.273. The fourth-order valence-electron chi connectivity index (χ4n) is 1.02. The Labute approximate surface area is 97.9 Å².